The molecule has 6 nitrogen and oxygen atoms in total. The molecule has 0 saturated carbocycles. The van der Waals surface area contributed by atoms with Crippen molar-refractivity contribution in [1.82, 2.24) is 0 Å². The summed E-state index contributed by atoms with van der Waals surface area (Å²) in [5.41, 5.74) is 4.39. The van der Waals surface area contributed by atoms with Gasteiger partial charge >= 0.3 is 13.1 Å². The van der Waals surface area contributed by atoms with E-state index in [-0.39, 0.29) is 6.32 Å². The second-order valence-corrected chi connectivity index (χ2v) is 3.87. The predicted octanol–water partition coefficient (Wildman–Crippen LogP) is -1.19. The monoisotopic (exact) mass is 217 g/mol. The van der Waals surface area contributed by atoms with Gasteiger partial charge in [0.1, 0.15) is 5.54 Å². The van der Waals surface area contributed by atoms with E-state index in [0.29, 0.717) is 25.9 Å². The van der Waals surface area contributed by atoms with Crippen molar-refractivity contribution < 1.29 is 24.7 Å². The van der Waals surface area contributed by atoms with Crippen LogP contribution in [0.5, 0.6) is 0 Å². The van der Waals surface area contributed by atoms with Gasteiger partial charge in [-0.3, -0.25) is 4.79 Å². The number of carbonyl (C=O) groups is 1. The average molecular weight is 217 g/mol. The zero-order valence-corrected chi connectivity index (χ0v) is 8.43. The zero-order chi connectivity index (χ0) is 11.5. The van der Waals surface area contributed by atoms with Crippen LogP contribution in [-0.2, 0) is 9.53 Å². The van der Waals surface area contributed by atoms with Crippen LogP contribution in [0.1, 0.15) is 19.3 Å². The van der Waals surface area contributed by atoms with Gasteiger partial charge in [-0.1, -0.05) is 6.42 Å². The molecule has 1 rings (SSSR count). The molecule has 0 amide bonds. The summed E-state index contributed by atoms with van der Waals surface area (Å²) in [5.74, 6) is -1.06. The highest BCUT2D eigenvalue weighted by atomic mass is 16.5. The first-order chi connectivity index (χ1) is 6.97. The maximum atomic E-state index is 10.9. The Morgan fingerprint density at radius 1 is 1.60 bits per heavy atom. The minimum atomic E-state index is -1.36. The van der Waals surface area contributed by atoms with Crippen molar-refractivity contribution in [2.24, 2.45) is 5.73 Å². The molecule has 1 fully saturated rings. The molecule has 0 aromatic rings. The molecule has 5 N–H and O–H groups in total. The summed E-state index contributed by atoms with van der Waals surface area (Å²) in [4.78, 5) is 10.9. The van der Waals surface area contributed by atoms with Gasteiger partial charge in [0.05, 0.1) is 6.10 Å². The van der Waals surface area contributed by atoms with Crippen molar-refractivity contribution in [2.45, 2.75) is 37.2 Å². The molecule has 15 heavy (non-hydrogen) atoms. The van der Waals surface area contributed by atoms with Crippen LogP contribution in [0.25, 0.3) is 0 Å². The fraction of sp³-hybridized carbons (Fsp3) is 0.875. The van der Waals surface area contributed by atoms with Crippen LogP contribution in [0.3, 0.4) is 0 Å². The standard InChI is InChI=1S/C8H16BNO5/c10-8(7(11)12)3-5-15-6(8)2-1-4-9(13)14/h6,13-14H,1-5,10H2,(H,11,12)/t6-,8+/m0/s1. The lowest BCUT2D eigenvalue weighted by atomic mass is 9.81. The van der Waals surface area contributed by atoms with Gasteiger partial charge in [0, 0.05) is 13.0 Å². The molecule has 0 bridgehead atoms. The third kappa shape index (κ3) is 2.91. The smallest absolute Gasteiger partial charge is 0.451 e. The Balaban J connectivity index is 2.43. The van der Waals surface area contributed by atoms with Crippen molar-refractivity contribution in [3.05, 3.63) is 0 Å². The first-order valence-corrected chi connectivity index (χ1v) is 4.97. The molecule has 7 heteroatoms. The lowest BCUT2D eigenvalue weighted by molar-refractivity contribution is -0.145. The predicted molar refractivity (Wildman–Crippen MR) is 53.1 cm³/mol. The summed E-state index contributed by atoms with van der Waals surface area (Å²) in [6.45, 7) is 0.342. The molecule has 86 valence electrons. The summed E-state index contributed by atoms with van der Waals surface area (Å²) in [6.07, 6.45) is 0.882. The third-order valence-corrected chi connectivity index (χ3v) is 2.74. The van der Waals surface area contributed by atoms with Crippen LogP contribution in [0.4, 0.5) is 0 Å². The number of nitrogens with two attached hydrogens (primary N) is 1. The molecule has 0 aromatic heterocycles. The number of carboxylic acid groups (broad SMARTS) is 1. The summed E-state index contributed by atoms with van der Waals surface area (Å²) in [7, 11) is -1.36. The van der Waals surface area contributed by atoms with Gasteiger partial charge < -0.3 is 25.6 Å². The number of rotatable bonds is 5. The van der Waals surface area contributed by atoms with E-state index in [4.69, 9.17) is 25.6 Å². The van der Waals surface area contributed by atoms with E-state index >= 15 is 0 Å². The summed E-state index contributed by atoms with van der Waals surface area (Å²) >= 11 is 0. The van der Waals surface area contributed by atoms with Gasteiger partial charge in [0.2, 0.25) is 0 Å². The first-order valence-electron chi connectivity index (χ1n) is 4.97. The highest BCUT2D eigenvalue weighted by Gasteiger charge is 2.46. The molecule has 0 aromatic carbocycles. The van der Waals surface area contributed by atoms with E-state index in [1.165, 1.54) is 0 Å². The number of ether oxygens (including phenoxy) is 1. The molecule has 0 spiro atoms. The van der Waals surface area contributed by atoms with Crippen LogP contribution < -0.4 is 5.73 Å². The molecule has 0 radical (unpaired) electrons. The van der Waals surface area contributed by atoms with Gasteiger partial charge in [-0.15, -0.1) is 0 Å². The molecule has 1 aliphatic rings. The van der Waals surface area contributed by atoms with Gasteiger partial charge in [-0.2, -0.15) is 0 Å². The van der Waals surface area contributed by atoms with E-state index in [1.54, 1.807) is 0 Å². The van der Waals surface area contributed by atoms with E-state index in [9.17, 15) is 4.79 Å². The van der Waals surface area contributed by atoms with Gasteiger partial charge in [0.15, 0.2) is 0 Å². The fourth-order valence-corrected chi connectivity index (χ4v) is 1.75. The fourth-order valence-electron chi connectivity index (χ4n) is 1.75. The first kappa shape index (κ1) is 12.4. The number of carboxylic acids is 1. The van der Waals surface area contributed by atoms with Crippen LogP contribution in [0.15, 0.2) is 0 Å². The van der Waals surface area contributed by atoms with Crippen molar-refractivity contribution in [1.29, 1.82) is 0 Å². The number of aliphatic carboxylic acids is 1. The van der Waals surface area contributed by atoms with E-state index < -0.39 is 24.7 Å². The SMILES string of the molecule is N[C@]1(C(=O)O)CCO[C@H]1CCCB(O)O. The maximum Gasteiger partial charge on any atom is 0.451 e. The topological polar surface area (TPSA) is 113 Å². The Kier molecular flexibility index (Phi) is 4.09. The Morgan fingerprint density at radius 3 is 2.80 bits per heavy atom. The molecule has 0 unspecified atom stereocenters. The third-order valence-electron chi connectivity index (χ3n) is 2.74. The summed E-state index contributed by atoms with van der Waals surface area (Å²) in [5, 5.41) is 26.2. The van der Waals surface area contributed by atoms with Crippen molar-refractivity contribution in [3.63, 3.8) is 0 Å². The quantitative estimate of drug-likeness (QED) is 0.430. The Bertz CT molecular complexity index is 237. The van der Waals surface area contributed by atoms with Crippen LogP contribution in [0, 0.1) is 0 Å². The van der Waals surface area contributed by atoms with E-state index in [0.717, 1.165) is 0 Å². The highest BCUT2D eigenvalue weighted by molar-refractivity contribution is 6.40. The molecule has 2 atom stereocenters. The highest BCUT2D eigenvalue weighted by Crippen LogP contribution is 2.27. The van der Waals surface area contributed by atoms with Gasteiger partial charge in [-0.25, -0.2) is 0 Å². The van der Waals surface area contributed by atoms with Crippen molar-refractivity contribution in [3.8, 4) is 0 Å². The zero-order valence-electron chi connectivity index (χ0n) is 8.43. The Labute approximate surface area is 88.2 Å². The van der Waals surface area contributed by atoms with Crippen molar-refractivity contribution in [2.75, 3.05) is 6.61 Å². The lowest BCUT2D eigenvalue weighted by Gasteiger charge is -2.24. The van der Waals surface area contributed by atoms with Crippen molar-refractivity contribution >= 4 is 13.1 Å². The van der Waals surface area contributed by atoms with Gasteiger partial charge in [-0.05, 0) is 12.7 Å². The average Bonchev–Trinajstić information content (AvgIpc) is 2.49. The van der Waals surface area contributed by atoms with Crippen LogP contribution in [0.2, 0.25) is 6.32 Å². The molecule has 1 heterocycles. The van der Waals surface area contributed by atoms with Crippen LogP contribution >= 0.6 is 0 Å². The second-order valence-electron chi connectivity index (χ2n) is 3.87. The van der Waals surface area contributed by atoms with E-state index in [2.05, 4.69) is 0 Å². The summed E-state index contributed by atoms with van der Waals surface area (Å²) in [6, 6.07) is 0. The second kappa shape index (κ2) is 4.93. The summed E-state index contributed by atoms with van der Waals surface area (Å²) < 4.78 is 5.24. The number of hydrogen-bond acceptors (Lipinski definition) is 5. The minimum absolute atomic E-state index is 0.204. The number of hydrogen-bond donors (Lipinski definition) is 4. The molecular weight excluding hydrogens is 201 g/mol. The normalized spacial score (nSPS) is 30.5. The largest absolute Gasteiger partial charge is 0.480 e. The molecule has 1 saturated heterocycles. The Morgan fingerprint density at radius 2 is 2.27 bits per heavy atom. The Hall–Kier alpha value is -0.625. The molecule has 1 aliphatic heterocycles. The van der Waals surface area contributed by atoms with Gasteiger partial charge in [0.25, 0.3) is 0 Å². The molecular formula is C8H16BNO5. The molecule has 0 aliphatic carbocycles. The minimum Gasteiger partial charge on any atom is -0.480 e. The van der Waals surface area contributed by atoms with E-state index in [1.807, 2.05) is 0 Å². The maximum absolute atomic E-state index is 10.9. The lowest BCUT2D eigenvalue weighted by Crippen LogP contribution is -2.54. The van der Waals surface area contributed by atoms with Crippen LogP contribution in [-0.4, -0.2) is 46.5 Å².